The van der Waals surface area contributed by atoms with E-state index in [1.165, 1.54) is 45.0 Å². The van der Waals surface area contributed by atoms with Crippen molar-refractivity contribution in [2.75, 3.05) is 135 Å². The normalized spacial score (nSPS) is 17.2. The van der Waals surface area contributed by atoms with E-state index in [0.717, 1.165) is 87.7 Å². The van der Waals surface area contributed by atoms with Gasteiger partial charge in [-0.25, -0.2) is 5.84 Å². The minimum Gasteiger partial charge on any atom is -0.374 e. The number of carbonyl (C=O) groups excluding carboxylic acids is 2. The van der Waals surface area contributed by atoms with E-state index in [9.17, 15) is 14.4 Å². The zero-order chi connectivity index (χ0) is 46.5. The predicted molar refractivity (Wildman–Crippen MR) is 269 cm³/mol. The first-order valence-electron chi connectivity index (χ1n) is 23.0. The number of amides is 2. The van der Waals surface area contributed by atoms with Crippen molar-refractivity contribution < 1.29 is 14.3 Å². The number of piperazine rings is 1. The molecule has 14 nitrogen and oxygen atoms in total. The Balaban J connectivity index is 0.000000120. The van der Waals surface area contributed by atoms with Crippen molar-refractivity contribution in [2.45, 2.75) is 25.7 Å². The Kier molecular flexibility index (Phi) is 14.1. The number of aromatic nitrogens is 1. The highest BCUT2D eigenvalue weighted by Gasteiger charge is 2.26. The van der Waals surface area contributed by atoms with Crippen LogP contribution in [-0.2, 0) is 40.0 Å². The Labute approximate surface area is 389 Å². The van der Waals surface area contributed by atoms with Crippen molar-refractivity contribution >= 4 is 51.6 Å². The third-order valence-electron chi connectivity index (χ3n) is 13.4. The number of hydrazine groups is 1. The maximum absolute atomic E-state index is 12.0. The van der Waals surface area contributed by atoms with Gasteiger partial charge in [-0.05, 0) is 122 Å². The van der Waals surface area contributed by atoms with E-state index in [1.54, 1.807) is 34.1 Å². The first-order chi connectivity index (χ1) is 31.9. The quantitative estimate of drug-likeness (QED) is 0.182. The van der Waals surface area contributed by atoms with Gasteiger partial charge in [0, 0.05) is 127 Å². The second kappa shape index (κ2) is 20.3. The number of nitrogens with two attached hydrogens (primary N) is 1. The zero-order valence-electron chi connectivity index (χ0n) is 39.2. The fourth-order valence-electron chi connectivity index (χ4n) is 9.41. The maximum Gasteiger partial charge on any atom is 0.255 e. The zero-order valence-corrected chi connectivity index (χ0v) is 39.2. The Morgan fingerprint density at radius 2 is 1.11 bits per heavy atom. The molecule has 346 valence electrons. The second-order valence-corrected chi connectivity index (χ2v) is 17.8. The summed E-state index contributed by atoms with van der Waals surface area (Å²) in [6, 6.07) is 30.4. The minimum atomic E-state index is 0.00750. The number of likely N-dealkylation sites (N-methyl/N-ethyl adjacent to an activating group) is 5. The Morgan fingerprint density at radius 1 is 0.561 bits per heavy atom. The number of benzene rings is 4. The molecule has 0 aliphatic carbocycles. The van der Waals surface area contributed by atoms with Crippen LogP contribution in [0.4, 0.5) is 39.8 Å². The van der Waals surface area contributed by atoms with Crippen LogP contribution in [0.3, 0.4) is 0 Å². The summed E-state index contributed by atoms with van der Waals surface area (Å²) in [5.74, 6) is 5.98. The molecule has 6 aliphatic heterocycles. The summed E-state index contributed by atoms with van der Waals surface area (Å²) in [7, 11) is 10.4. The molecule has 11 rings (SSSR count). The Morgan fingerprint density at radius 3 is 1.73 bits per heavy atom. The molecule has 2 saturated heterocycles. The molecule has 0 unspecified atom stereocenters. The molecule has 0 atom stereocenters. The van der Waals surface area contributed by atoms with E-state index < -0.39 is 0 Å². The van der Waals surface area contributed by atoms with Gasteiger partial charge in [-0.2, -0.15) is 0 Å². The highest BCUT2D eigenvalue weighted by molar-refractivity contribution is 5.96. The summed E-state index contributed by atoms with van der Waals surface area (Å²) in [5, 5.41) is 1.54. The fourth-order valence-corrected chi connectivity index (χ4v) is 9.41. The summed E-state index contributed by atoms with van der Waals surface area (Å²) in [6.45, 7) is 11.7. The number of hydrogen-bond donors (Lipinski definition) is 1. The SMILES string of the molecule is C=CN(N)c1ccc2c(c1)CCN2C.CN1CCN(c2ccc3c(c2)CCN3C)C(=O)C1.CN1CCc2ccc(-n3ccccc3=O)cc21.CN1CCc2ccc(N3CCOCC3=O)cc21. The molecule has 4 aromatic carbocycles. The van der Waals surface area contributed by atoms with Crippen molar-refractivity contribution in [2.24, 2.45) is 5.84 Å². The maximum atomic E-state index is 12.0. The highest BCUT2D eigenvalue weighted by atomic mass is 16.5. The lowest BCUT2D eigenvalue weighted by Gasteiger charge is -2.32. The van der Waals surface area contributed by atoms with Crippen molar-refractivity contribution in [3.05, 3.63) is 143 Å². The molecular formula is C52H64N10O4. The predicted octanol–water partition coefficient (Wildman–Crippen LogP) is 5.33. The van der Waals surface area contributed by atoms with Gasteiger partial charge in [0.2, 0.25) is 5.91 Å². The van der Waals surface area contributed by atoms with Gasteiger partial charge in [-0.3, -0.25) is 28.9 Å². The largest absolute Gasteiger partial charge is 0.374 e. The fraction of sp³-hybridized carbons (Fsp3) is 0.365. The standard InChI is InChI=1S/C14H19N3O.C14H14N2O.C13H16N2O2.C11H15N3/c1-15-7-8-17(14(18)10-15)12-3-4-13-11(9-12)5-6-16(13)2;1-15-9-7-11-5-6-12(10-13(11)15)16-8-3-2-4-14(16)17;1-14-5-4-10-2-3-11(8-12(10)14)15-6-7-17-9-13(15)16;1-3-14(12)10-4-5-11-9(8-10)6-7-13(11)2/h3-4,9H,5-8,10H2,1-2H3;2-6,8,10H,7,9H2,1H3;2-3,8H,4-7,9H2,1H3;3-5,8H,1,6-7,12H2,2H3. The lowest BCUT2D eigenvalue weighted by Crippen LogP contribution is -2.48. The number of morpholine rings is 1. The number of ether oxygens (including phenoxy) is 1. The van der Waals surface area contributed by atoms with E-state index in [-0.39, 0.29) is 24.0 Å². The van der Waals surface area contributed by atoms with Crippen molar-refractivity contribution in [3.8, 4) is 5.69 Å². The minimum absolute atomic E-state index is 0.00750. The summed E-state index contributed by atoms with van der Waals surface area (Å²) in [4.78, 5) is 50.4. The van der Waals surface area contributed by atoms with Crippen LogP contribution >= 0.6 is 0 Å². The molecule has 14 heteroatoms. The lowest BCUT2D eigenvalue weighted by molar-refractivity contribution is -0.125. The third kappa shape index (κ3) is 10.1. The molecule has 7 heterocycles. The van der Waals surface area contributed by atoms with Crippen LogP contribution in [0.25, 0.3) is 5.69 Å². The van der Waals surface area contributed by atoms with E-state index in [4.69, 9.17) is 10.6 Å². The number of fused-ring (bicyclic) bond motifs is 4. The van der Waals surface area contributed by atoms with Gasteiger partial charge in [0.1, 0.15) is 6.61 Å². The summed E-state index contributed by atoms with van der Waals surface area (Å²) in [5.41, 5.74) is 14.5. The van der Waals surface area contributed by atoms with Crippen molar-refractivity contribution in [1.29, 1.82) is 0 Å². The molecule has 1 aromatic heterocycles. The van der Waals surface area contributed by atoms with Crippen molar-refractivity contribution in [3.63, 3.8) is 0 Å². The molecule has 6 aliphatic rings. The molecule has 0 saturated carbocycles. The summed E-state index contributed by atoms with van der Waals surface area (Å²) < 4.78 is 6.82. The van der Waals surface area contributed by atoms with Gasteiger partial charge in [-0.15, -0.1) is 0 Å². The summed E-state index contributed by atoms with van der Waals surface area (Å²) in [6.07, 6.45) is 7.80. The van der Waals surface area contributed by atoms with Crippen LogP contribution in [0.2, 0.25) is 0 Å². The van der Waals surface area contributed by atoms with Crippen molar-refractivity contribution in [1.82, 2.24) is 9.47 Å². The van der Waals surface area contributed by atoms with Gasteiger partial charge >= 0.3 is 0 Å². The third-order valence-corrected chi connectivity index (χ3v) is 13.4. The molecule has 0 radical (unpaired) electrons. The molecule has 5 aromatic rings. The van der Waals surface area contributed by atoms with E-state index in [2.05, 4.69) is 114 Å². The average molecular weight is 893 g/mol. The molecule has 0 bridgehead atoms. The van der Waals surface area contributed by atoms with Crippen LogP contribution in [0.15, 0.2) is 115 Å². The number of carbonyl (C=O) groups is 2. The molecule has 2 N–H and O–H groups in total. The highest BCUT2D eigenvalue weighted by Crippen LogP contribution is 2.34. The summed E-state index contributed by atoms with van der Waals surface area (Å²) >= 11 is 0. The average Bonchev–Trinajstić information content (AvgIpc) is 4.11. The molecule has 2 fully saturated rings. The molecular weight excluding hydrogens is 829 g/mol. The number of pyridine rings is 1. The molecule has 2 amide bonds. The van der Waals surface area contributed by atoms with Crippen LogP contribution in [0.1, 0.15) is 22.3 Å². The monoisotopic (exact) mass is 893 g/mol. The Bertz CT molecular complexity index is 2630. The van der Waals surface area contributed by atoms with E-state index >= 15 is 0 Å². The number of nitrogens with zero attached hydrogens (tertiary/aromatic N) is 9. The van der Waals surface area contributed by atoms with E-state index in [1.807, 2.05) is 41.1 Å². The second-order valence-electron chi connectivity index (χ2n) is 17.8. The van der Waals surface area contributed by atoms with Crippen LogP contribution < -0.4 is 45.8 Å². The molecule has 0 spiro atoms. The van der Waals surface area contributed by atoms with E-state index in [0.29, 0.717) is 19.7 Å². The van der Waals surface area contributed by atoms with Gasteiger partial charge in [-0.1, -0.05) is 24.8 Å². The van der Waals surface area contributed by atoms with Gasteiger partial charge in [0.15, 0.2) is 0 Å². The van der Waals surface area contributed by atoms with Crippen LogP contribution in [0.5, 0.6) is 0 Å². The lowest BCUT2D eigenvalue weighted by atomic mass is 10.1. The van der Waals surface area contributed by atoms with Crippen LogP contribution in [0, 0.1) is 0 Å². The smallest absolute Gasteiger partial charge is 0.255 e. The number of anilines is 7. The number of hydrogen-bond acceptors (Lipinski definition) is 11. The Hall–Kier alpha value is -6.61. The van der Waals surface area contributed by atoms with Crippen LogP contribution in [-0.4, -0.2) is 122 Å². The van der Waals surface area contributed by atoms with Gasteiger partial charge < -0.3 is 34.1 Å². The van der Waals surface area contributed by atoms with Gasteiger partial charge in [0.05, 0.1) is 24.5 Å². The topological polar surface area (TPSA) is 117 Å². The van der Waals surface area contributed by atoms with Gasteiger partial charge in [0.25, 0.3) is 11.5 Å². The molecule has 66 heavy (non-hydrogen) atoms. The number of rotatable bonds is 5. The first-order valence-corrected chi connectivity index (χ1v) is 23.0. The first kappa shape index (κ1) is 45.9.